The van der Waals surface area contributed by atoms with Crippen LogP contribution in [0.4, 0.5) is 0 Å². The van der Waals surface area contributed by atoms with Crippen molar-refractivity contribution in [2.45, 2.75) is 12.8 Å². The second-order valence-corrected chi connectivity index (χ2v) is 6.61. The van der Waals surface area contributed by atoms with Gasteiger partial charge < -0.3 is 9.15 Å². The number of benzene rings is 2. The highest BCUT2D eigenvalue weighted by Gasteiger charge is 2.24. The number of para-hydroxylation sites is 1. The van der Waals surface area contributed by atoms with E-state index in [0.717, 1.165) is 28.9 Å². The summed E-state index contributed by atoms with van der Waals surface area (Å²) in [5.41, 5.74) is 3.96. The number of fused-ring (bicyclic) bond motifs is 2. The Bertz CT molecular complexity index is 1270. The summed E-state index contributed by atoms with van der Waals surface area (Å²) in [7, 11) is 1.65. The van der Waals surface area contributed by atoms with Gasteiger partial charge in [-0.15, -0.1) is 5.10 Å². The average Bonchev–Trinajstić information content (AvgIpc) is 3.39. The van der Waals surface area contributed by atoms with Gasteiger partial charge in [-0.2, -0.15) is 0 Å². The summed E-state index contributed by atoms with van der Waals surface area (Å²) in [6.07, 6.45) is 3.44. The van der Waals surface area contributed by atoms with Gasteiger partial charge in [0.15, 0.2) is 11.3 Å². The zero-order chi connectivity index (χ0) is 19.1. The molecule has 0 radical (unpaired) electrons. The van der Waals surface area contributed by atoms with E-state index in [1.807, 2.05) is 36.4 Å². The quantitative estimate of drug-likeness (QED) is 0.592. The van der Waals surface area contributed by atoms with Crippen molar-refractivity contribution in [3.05, 3.63) is 69.6 Å². The molecule has 5 rings (SSSR count). The second kappa shape index (κ2) is 6.45. The van der Waals surface area contributed by atoms with Gasteiger partial charge in [0.25, 0.3) is 0 Å². The number of methoxy groups -OCH3 is 1. The highest BCUT2D eigenvalue weighted by molar-refractivity contribution is 5.89. The lowest BCUT2D eigenvalue weighted by Gasteiger charge is -2.07. The molecule has 0 atom stereocenters. The van der Waals surface area contributed by atoms with Gasteiger partial charge in [0.05, 0.1) is 12.5 Å². The Labute approximate surface area is 159 Å². The van der Waals surface area contributed by atoms with E-state index in [9.17, 15) is 4.79 Å². The van der Waals surface area contributed by atoms with Gasteiger partial charge in [0.2, 0.25) is 0 Å². The zero-order valence-corrected chi connectivity index (χ0v) is 15.1. The largest absolute Gasteiger partial charge is 0.496 e. The Kier molecular flexibility index (Phi) is 3.79. The fourth-order valence-corrected chi connectivity index (χ4v) is 3.63. The van der Waals surface area contributed by atoms with Gasteiger partial charge >= 0.3 is 0 Å². The lowest BCUT2D eigenvalue weighted by atomic mass is 10.1. The number of nitrogens with zero attached hydrogens (tertiary/aromatic N) is 3. The monoisotopic (exact) mass is 372 g/mol. The van der Waals surface area contributed by atoms with Gasteiger partial charge in [0, 0.05) is 16.7 Å². The number of aromatic nitrogens is 4. The Morgan fingerprint density at radius 2 is 2.07 bits per heavy atom. The molecule has 0 fully saturated rings. The molecule has 4 aromatic rings. The van der Waals surface area contributed by atoms with Gasteiger partial charge in [-0.3, -0.25) is 4.79 Å². The molecule has 1 aliphatic rings. The normalized spacial score (nSPS) is 14.5. The molecule has 2 aromatic carbocycles. The van der Waals surface area contributed by atoms with Crippen LogP contribution in [0.25, 0.3) is 34.0 Å². The minimum Gasteiger partial charge on any atom is -0.496 e. The van der Waals surface area contributed by atoms with E-state index in [-0.39, 0.29) is 5.43 Å². The number of tetrazole rings is 1. The maximum Gasteiger partial charge on any atom is 0.196 e. The van der Waals surface area contributed by atoms with Crippen LogP contribution >= 0.6 is 0 Å². The molecule has 7 heteroatoms. The maximum atomic E-state index is 13.1. The lowest BCUT2D eigenvalue weighted by Crippen LogP contribution is -2.08. The minimum atomic E-state index is -0.00555. The number of hydrogen-bond acceptors (Lipinski definition) is 6. The average molecular weight is 372 g/mol. The van der Waals surface area contributed by atoms with Crippen molar-refractivity contribution in [3.63, 3.8) is 0 Å². The minimum absolute atomic E-state index is 0.00555. The molecule has 1 N–H and O–H groups in total. The van der Waals surface area contributed by atoms with Crippen LogP contribution in [0.1, 0.15) is 23.3 Å². The third kappa shape index (κ3) is 2.60. The molecule has 1 aliphatic carbocycles. The Hall–Kier alpha value is -3.74. The van der Waals surface area contributed by atoms with E-state index < -0.39 is 0 Å². The first kappa shape index (κ1) is 16.4. The Balaban J connectivity index is 1.65. The van der Waals surface area contributed by atoms with Crippen molar-refractivity contribution in [3.8, 4) is 17.1 Å². The molecule has 138 valence electrons. The van der Waals surface area contributed by atoms with Crippen molar-refractivity contribution >= 4 is 22.6 Å². The van der Waals surface area contributed by atoms with E-state index in [1.165, 1.54) is 0 Å². The first-order valence-electron chi connectivity index (χ1n) is 8.92. The lowest BCUT2D eigenvalue weighted by molar-refractivity contribution is 0.414. The summed E-state index contributed by atoms with van der Waals surface area (Å²) in [5, 5.41) is 14.3. The fraction of sp³-hybridized carbons (Fsp3) is 0.143. The molecule has 0 bridgehead atoms. The number of aromatic amines is 1. The van der Waals surface area contributed by atoms with Crippen molar-refractivity contribution in [1.29, 1.82) is 0 Å². The number of allylic oxidation sites excluding steroid dienone is 1. The van der Waals surface area contributed by atoms with Gasteiger partial charge in [-0.25, -0.2) is 5.10 Å². The standard InChI is InChI=1S/C21H16N4O3/c1-27-17-5-3-2-4-12(17)10-13-6-8-15-19(26)16-11-14(21-22-24-25-23-21)7-9-18(16)28-20(13)15/h2-5,7,9-11H,6,8H2,1H3,(H,22,23,24,25). The Morgan fingerprint density at radius 1 is 1.18 bits per heavy atom. The van der Waals surface area contributed by atoms with Gasteiger partial charge in [-0.05, 0) is 59.2 Å². The van der Waals surface area contributed by atoms with Crippen molar-refractivity contribution in [2.75, 3.05) is 7.11 Å². The number of H-pyrrole nitrogens is 1. The summed E-state index contributed by atoms with van der Waals surface area (Å²) in [4.78, 5) is 13.1. The van der Waals surface area contributed by atoms with Crippen LogP contribution in [-0.2, 0) is 6.42 Å². The summed E-state index contributed by atoms with van der Waals surface area (Å²) < 4.78 is 11.6. The topological polar surface area (TPSA) is 93.9 Å². The number of rotatable bonds is 3. The number of ether oxygens (including phenoxy) is 1. The number of nitrogens with one attached hydrogen (secondary N) is 1. The van der Waals surface area contributed by atoms with Gasteiger partial charge in [-0.1, -0.05) is 18.2 Å². The van der Waals surface area contributed by atoms with Crippen LogP contribution in [0.15, 0.2) is 51.7 Å². The predicted molar refractivity (Wildman–Crippen MR) is 105 cm³/mol. The predicted octanol–water partition coefficient (Wildman–Crippen LogP) is 3.47. The maximum absolute atomic E-state index is 13.1. The summed E-state index contributed by atoms with van der Waals surface area (Å²) in [6, 6.07) is 13.2. The second-order valence-electron chi connectivity index (χ2n) is 6.61. The summed E-state index contributed by atoms with van der Waals surface area (Å²) in [5.74, 6) is 1.97. The molecule has 2 heterocycles. The van der Waals surface area contributed by atoms with Crippen LogP contribution in [0, 0.1) is 0 Å². The van der Waals surface area contributed by atoms with Crippen LogP contribution in [0.5, 0.6) is 5.75 Å². The van der Waals surface area contributed by atoms with Crippen LogP contribution in [-0.4, -0.2) is 27.7 Å². The summed E-state index contributed by atoms with van der Waals surface area (Å²) in [6.45, 7) is 0. The molecule has 7 nitrogen and oxygen atoms in total. The molecule has 0 aliphatic heterocycles. The van der Waals surface area contributed by atoms with Crippen LogP contribution in [0.2, 0.25) is 0 Å². The molecule has 2 aromatic heterocycles. The SMILES string of the molecule is COc1ccccc1C=C1CCc2c1oc1ccc(-c3nnn[nH]3)cc1c2=O. The fourth-order valence-electron chi connectivity index (χ4n) is 3.63. The molecular weight excluding hydrogens is 356 g/mol. The zero-order valence-electron chi connectivity index (χ0n) is 15.1. The summed E-state index contributed by atoms with van der Waals surface area (Å²) >= 11 is 0. The third-order valence-corrected chi connectivity index (χ3v) is 5.01. The van der Waals surface area contributed by atoms with Gasteiger partial charge in [0.1, 0.15) is 17.1 Å². The molecular formula is C21H16N4O3. The van der Waals surface area contributed by atoms with E-state index in [4.69, 9.17) is 9.15 Å². The van der Waals surface area contributed by atoms with Crippen LogP contribution in [0.3, 0.4) is 0 Å². The highest BCUT2D eigenvalue weighted by Crippen LogP contribution is 2.36. The van der Waals surface area contributed by atoms with Crippen LogP contribution < -0.4 is 10.2 Å². The third-order valence-electron chi connectivity index (χ3n) is 5.01. The van der Waals surface area contributed by atoms with Crippen molar-refractivity contribution < 1.29 is 9.15 Å². The van der Waals surface area contributed by atoms with Crippen molar-refractivity contribution in [2.24, 2.45) is 0 Å². The molecule has 0 unspecified atom stereocenters. The smallest absolute Gasteiger partial charge is 0.196 e. The van der Waals surface area contributed by atoms with E-state index in [0.29, 0.717) is 34.5 Å². The first-order valence-corrected chi connectivity index (χ1v) is 8.92. The molecule has 0 saturated carbocycles. The van der Waals surface area contributed by atoms with E-state index >= 15 is 0 Å². The van der Waals surface area contributed by atoms with E-state index in [2.05, 4.69) is 20.6 Å². The number of hydrogen-bond donors (Lipinski definition) is 1. The Morgan fingerprint density at radius 3 is 2.89 bits per heavy atom. The van der Waals surface area contributed by atoms with Crippen molar-refractivity contribution in [1.82, 2.24) is 20.6 Å². The molecule has 28 heavy (non-hydrogen) atoms. The first-order chi connectivity index (χ1) is 13.7. The molecule has 0 amide bonds. The molecule has 0 spiro atoms. The van der Waals surface area contributed by atoms with E-state index in [1.54, 1.807) is 19.2 Å². The highest BCUT2D eigenvalue weighted by atomic mass is 16.5. The molecule has 0 saturated heterocycles.